The predicted octanol–water partition coefficient (Wildman–Crippen LogP) is 5.57. The summed E-state index contributed by atoms with van der Waals surface area (Å²) in [4.78, 5) is 41.9. The van der Waals surface area contributed by atoms with Crippen molar-refractivity contribution < 1.29 is 14.4 Å². The van der Waals surface area contributed by atoms with Gasteiger partial charge in [-0.05, 0) is 47.1 Å². The van der Waals surface area contributed by atoms with Gasteiger partial charge in [-0.3, -0.25) is 19.3 Å². The molecule has 0 saturated carbocycles. The molecule has 1 aliphatic rings. The molecule has 5 heteroatoms. The fourth-order valence-corrected chi connectivity index (χ4v) is 4.40. The summed E-state index contributed by atoms with van der Waals surface area (Å²) in [6.07, 6.45) is 0.889. The Balaban J connectivity index is 1.51. The molecule has 0 spiro atoms. The largest absolute Gasteiger partial charge is 0.312 e. The fraction of sp³-hybridized carbons (Fsp3) is 0.321. The number of anilines is 1. The minimum atomic E-state index is -0.271. The second-order valence-electron chi connectivity index (χ2n) is 9.52. The second kappa shape index (κ2) is 8.81. The second-order valence-corrected chi connectivity index (χ2v) is 9.52. The molecule has 0 atom stereocenters. The first kappa shape index (κ1) is 22.7. The van der Waals surface area contributed by atoms with Crippen LogP contribution in [0, 0.1) is 0 Å². The van der Waals surface area contributed by atoms with Crippen molar-refractivity contribution in [3.8, 4) is 0 Å². The van der Waals surface area contributed by atoms with Crippen molar-refractivity contribution in [1.82, 2.24) is 4.90 Å². The zero-order valence-electron chi connectivity index (χ0n) is 19.7. The zero-order valence-corrected chi connectivity index (χ0v) is 19.7. The first-order valence-corrected chi connectivity index (χ1v) is 11.5. The summed E-state index contributed by atoms with van der Waals surface area (Å²) in [5.41, 5.74) is 3.18. The maximum Gasteiger partial charge on any atom is 0.261 e. The highest BCUT2D eigenvalue weighted by Crippen LogP contribution is 2.30. The molecular formula is C28H30N2O3. The van der Waals surface area contributed by atoms with E-state index in [0.717, 1.165) is 16.5 Å². The van der Waals surface area contributed by atoms with Gasteiger partial charge in [0.15, 0.2) is 0 Å². The SMILES string of the molecule is CCC(=O)N(CCCN1C(=O)c2cccc3cccc(c23)C1=O)c1ccc(C(C)(C)C)cc1. The van der Waals surface area contributed by atoms with E-state index in [2.05, 4.69) is 32.9 Å². The van der Waals surface area contributed by atoms with Crippen molar-refractivity contribution in [2.45, 2.75) is 46.0 Å². The molecule has 1 heterocycles. The highest BCUT2D eigenvalue weighted by atomic mass is 16.2. The molecule has 0 fully saturated rings. The normalized spacial score (nSPS) is 13.5. The standard InChI is InChI=1S/C28H30N2O3/c1-5-24(31)29(21-15-13-20(14-16-21)28(2,3)4)17-8-18-30-26(32)22-11-6-9-19-10-7-12-23(25(19)22)27(30)33/h6-7,9-16H,5,8,17-18H2,1-4H3. The van der Waals surface area contributed by atoms with E-state index in [0.29, 0.717) is 30.5 Å². The summed E-state index contributed by atoms with van der Waals surface area (Å²) in [5, 5.41) is 1.62. The molecule has 3 amide bonds. The van der Waals surface area contributed by atoms with Crippen LogP contribution in [0.1, 0.15) is 66.8 Å². The van der Waals surface area contributed by atoms with E-state index in [-0.39, 0.29) is 29.7 Å². The maximum atomic E-state index is 13.1. The number of rotatable bonds is 6. The number of carbonyl (C=O) groups is 3. The van der Waals surface area contributed by atoms with Gasteiger partial charge in [0.2, 0.25) is 5.91 Å². The van der Waals surface area contributed by atoms with Gasteiger partial charge in [-0.1, -0.05) is 64.1 Å². The third-order valence-electron chi connectivity index (χ3n) is 6.27. The Kier molecular flexibility index (Phi) is 6.07. The number of carbonyl (C=O) groups excluding carboxylic acids is 3. The molecule has 0 aliphatic carbocycles. The first-order valence-electron chi connectivity index (χ1n) is 11.5. The van der Waals surface area contributed by atoms with Crippen LogP contribution < -0.4 is 4.90 Å². The van der Waals surface area contributed by atoms with Crippen LogP contribution in [0.3, 0.4) is 0 Å². The summed E-state index contributed by atoms with van der Waals surface area (Å²) in [6.45, 7) is 9.00. The van der Waals surface area contributed by atoms with Gasteiger partial charge in [-0.15, -0.1) is 0 Å². The lowest BCUT2D eigenvalue weighted by Gasteiger charge is -2.29. The highest BCUT2D eigenvalue weighted by molar-refractivity contribution is 6.25. The van der Waals surface area contributed by atoms with E-state index >= 15 is 0 Å². The Morgan fingerprint density at radius 2 is 1.45 bits per heavy atom. The van der Waals surface area contributed by atoms with Crippen LogP contribution in [0.2, 0.25) is 0 Å². The lowest BCUT2D eigenvalue weighted by atomic mass is 9.87. The van der Waals surface area contributed by atoms with Crippen LogP contribution in [-0.4, -0.2) is 35.7 Å². The molecule has 4 rings (SSSR count). The molecule has 170 valence electrons. The molecule has 1 aliphatic heterocycles. The van der Waals surface area contributed by atoms with Crippen LogP contribution >= 0.6 is 0 Å². The summed E-state index contributed by atoms with van der Waals surface area (Å²) in [7, 11) is 0. The van der Waals surface area contributed by atoms with E-state index in [1.165, 1.54) is 10.5 Å². The Bertz CT molecular complexity index is 1170. The van der Waals surface area contributed by atoms with E-state index in [1.807, 2.05) is 43.3 Å². The van der Waals surface area contributed by atoms with Crippen LogP contribution in [0.5, 0.6) is 0 Å². The molecule has 33 heavy (non-hydrogen) atoms. The minimum Gasteiger partial charge on any atom is -0.312 e. The Hall–Kier alpha value is -3.47. The molecule has 0 aromatic heterocycles. The molecule has 0 bridgehead atoms. The third kappa shape index (κ3) is 4.28. The molecule has 0 N–H and O–H groups in total. The van der Waals surface area contributed by atoms with Gasteiger partial charge in [-0.2, -0.15) is 0 Å². The molecule has 0 unspecified atom stereocenters. The molecular weight excluding hydrogens is 412 g/mol. The zero-order chi connectivity index (χ0) is 23.8. The highest BCUT2D eigenvalue weighted by Gasteiger charge is 2.32. The van der Waals surface area contributed by atoms with Gasteiger partial charge in [0.05, 0.1) is 0 Å². The van der Waals surface area contributed by atoms with Crippen molar-refractivity contribution in [3.05, 3.63) is 77.4 Å². The van der Waals surface area contributed by atoms with Gasteiger partial charge in [0.1, 0.15) is 0 Å². The van der Waals surface area contributed by atoms with Crippen LogP contribution in [-0.2, 0) is 10.2 Å². The smallest absolute Gasteiger partial charge is 0.261 e. The van der Waals surface area contributed by atoms with Gasteiger partial charge in [0, 0.05) is 41.7 Å². The molecule has 0 saturated heterocycles. The van der Waals surface area contributed by atoms with E-state index in [4.69, 9.17) is 0 Å². The predicted molar refractivity (Wildman–Crippen MR) is 132 cm³/mol. The average Bonchev–Trinajstić information content (AvgIpc) is 2.81. The van der Waals surface area contributed by atoms with Crippen molar-refractivity contribution in [2.75, 3.05) is 18.0 Å². The van der Waals surface area contributed by atoms with Crippen LogP contribution in [0.4, 0.5) is 5.69 Å². The van der Waals surface area contributed by atoms with E-state index in [9.17, 15) is 14.4 Å². The number of nitrogens with zero attached hydrogens (tertiary/aromatic N) is 2. The van der Waals surface area contributed by atoms with Gasteiger partial charge < -0.3 is 4.90 Å². The van der Waals surface area contributed by atoms with Crippen molar-refractivity contribution in [1.29, 1.82) is 0 Å². The molecule has 5 nitrogen and oxygen atoms in total. The van der Waals surface area contributed by atoms with Crippen molar-refractivity contribution in [3.63, 3.8) is 0 Å². The topological polar surface area (TPSA) is 57.7 Å². The number of imide groups is 1. The molecule has 3 aromatic carbocycles. The number of hydrogen-bond acceptors (Lipinski definition) is 3. The third-order valence-corrected chi connectivity index (χ3v) is 6.27. The maximum absolute atomic E-state index is 13.1. The average molecular weight is 443 g/mol. The van der Waals surface area contributed by atoms with Crippen molar-refractivity contribution in [2.24, 2.45) is 0 Å². The van der Waals surface area contributed by atoms with Crippen molar-refractivity contribution >= 4 is 34.2 Å². The Morgan fingerprint density at radius 1 is 0.879 bits per heavy atom. The number of amides is 3. The molecule has 3 aromatic rings. The Labute approximate surface area is 195 Å². The number of hydrogen-bond donors (Lipinski definition) is 0. The van der Waals surface area contributed by atoms with Crippen LogP contribution in [0.25, 0.3) is 10.8 Å². The van der Waals surface area contributed by atoms with Crippen LogP contribution in [0.15, 0.2) is 60.7 Å². The first-order chi connectivity index (χ1) is 15.7. The fourth-order valence-electron chi connectivity index (χ4n) is 4.40. The lowest BCUT2D eigenvalue weighted by molar-refractivity contribution is -0.118. The number of benzene rings is 3. The van der Waals surface area contributed by atoms with E-state index in [1.54, 1.807) is 17.0 Å². The summed E-state index contributed by atoms with van der Waals surface area (Å²) < 4.78 is 0. The summed E-state index contributed by atoms with van der Waals surface area (Å²) in [5.74, 6) is -0.524. The molecule has 0 radical (unpaired) electrons. The van der Waals surface area contributed by atoms with E-state index < -0.39 is 0 Å². The van der Waals surface area contributed by atoms with Gasteiger partial charge >= 0.3 is 0 Å². The van der Waals surface area contributed by atoms with Gasteiger partial charge in [-0.25, -0.2) is 0 Å². The lowest BCUT2D eigenvalue weighted by Crippen LogP contribution is -2.42. The quantitative estimate of drug-likeness (QED) is 0.469. The Morgan fingerprint density at radius 3 is 1.97 bits per heavy atom. The summed E-state index contributed by atoms with van der Waals surface area (Å²) in [6, 6.07) is 19.1. The van der Waals surface area contributed by atoms with Gasteiger partial charge in [0.25, 0.3) is 11.8 Å². The monoisotopic (exact) mass is 442 g/mol. The summed E-state index contributed by atoms with van der Waals surface area (Å²) >= 11 is 0. The minimum absolute atomic E-state index is 0.0184.